The van der Waals surface area contributed by atoms with Gasteiger partial charge in [-0.2, -0.15) is 0 Å². The minimum atomic E-state index is 0.663. The van der Waals surface area contributed by atoms with Crippen molar-refractivity contribution in [2.45, 2.75) is 47.1 Å². The molecule has 0 amide bonds. The van der Waals surface area contributed by atoms with Crippen molar-refractivity contribution >= 4 is 5.82 Å². The number of anilines is 1. The largest absolute Gasteiger partial charge is 0.355 e. The maximum atomic E-state index is 4.76. The molecule has 0 aliphatic carbocycles. The van der Waals surface area contributed by atoms with Gasteiger partial charge in [0.15, 0.2) is 0 Å². The lowest BCUT2D eigenvalue weighted by molar-refractivity contribution is 0.310. The number of nitrogens with one attached hydrogen (secondary N) is 1. The van der Waals surface area contributed by atoms with E-state index in [0.717, 1.165) is 49.5 Å². The van der Waals surface area contributed by atoms with Crippen LogP contribution in [0.1, 0.15) is 46.2 Å². The van der Waals surface area contributed by atoms with Crippen LogP contribution in [0.2, 0.25) is 0 Å². The van der Waals surface area contributed by atoms with E-state index in [2.05, 4.69) is 42.9 Å². The number of rotatable bonds is 6. The smallest absolute Gasteiger partial charge is 0.147 e. The summed E-state index contributed by atoms with van der Waals surface area (Å²) in [6.45, 7) is 13.2. The summed E-state index contributed by atoms with van der Waals surface area (Å²) < 4.78 is 0. The Morgan fingerprint density at radius 3 is 2.52 bits per heavy atom. The lowest BCUT2D eigenvalue weighted by Gasteiger charge is -2.34. The predicted molar refractivity (Wildman–Crippen MR) is 88.4 cm³/mol. The maximum Gasteiger partial charge on any atom is 0.147 e. The first-order chi connectivity index (χ1) is 10.1. The molecular weight excluding hydrogens is 260 g/mol. The van der Waals surface area contributed by atoms with Gasteiger partial charge in [0.25, 0.3) is 0 Å². The molecule has 21 heavy (non-hydrogen) atoms. The second-order valence-corrected chi connectivity index (χ2v) is 6.96. The molecule has 1 fully saturated rings. The number of hydrogen-bond donors (Lipinski definition) is 1. The van der Waals surface area contributed by atoms with Gasteiger partial charge in [0.05, 0.1) is 11.9 Å². The first-order valence-corrected chi connectivity index (χ1v) is 8.33. The average Bonchev–Trinajstić information content (AvgIpc) is 2.47. The molecule has 0 aromatic carbocycles. The lowest BCUT2D eigenvalue weighted by Crippen LogP contribution is -2.36. The van der Waals surface area contributed by atoms with Crippen molar-refractivity contribution in [1.82, 2.24) is 15.3 Å². The van der Waals surface area contributed by atoms with Crippen molar-refractivity contribution in [2.24, 2.45) is 17.8 Å². The van der Waals surface area contributed by atoms with Gasteiger partial charge in [-0.05, 0) is 37.1 Å². The lowest BCUT2D eigenvalue weighted by atomic mass is 9.87. The maximum absolute atomic E-state index is 4.76. The van der Waals surface area contributed by atoms with E-state index in [1.54, 1.807) is 0 Å². The van der Waals surface area contributed by atoms with Crippen LogP contribution in [0.3, 0.4) is 0 Å². The average molecular weight is 290 g/mol. The molecule has 1 aliphatic rings. The number of piperidine rings is 1. The Balaban J connectivity index is 1.89. The summed E-state index contributed by atoms with van der Waals surface area (Å²) in [6.07, 6.45) is 6.32. The van der Waals surface area contributed by atoms with Gasteiger partial charge >= 0.3 is 0 Å². The van der Waals surface area contributed by atoms with Crippen molar-refractivity contribution in [2.75, 3.05) is 24.5 Å². The molecule has 0 atom stereocenters. The third-order valence-corrected chi connectivity index (χ3v) is 4.34. The Morgan fingerprint density at radius 1 is 1.19 bits per heavy atom. The molecule has 2 heterocycles. The molecule has 0 saturated carbocycles. The summed E-state index contributed by atoms with van der Waals surface area (Å²) in [5.41, 5.74) is 1.04. The van der Waals surface area contributed by atoms with Crippen LogP contribution in [0, 0.1) is 17.8 Å². The minimum absolute atomic E-state index is 0.663. The summed E-state index contributed by atoms with van der Waals surface area (Å²) in [6, 6.07) is 0. The highest BCUT2D eigenvalue weighted by Crippen LogP contribution is 2.26. The van der Waals surface area contributed by atoms with Gasteiger partial charge in [0.1, 0.15) is 5.82 Å². The number of hydrogen-bond acceptors (Lipinski definition) is 4. The molecule has 0 unspecified atom stereocenters. The highest BCUT2D eigenvalue weighted by molar-refractivity contribution is 5.36. The fourth-order valence-corrected chi connectivity index (χ4v) is 2.92. The monoisotopic (exact) mass is 290 g/mol. The molecule has 0 radical (unpaired) electrons. The summed E-state index contributed by atoms with van der Waals surface area (Å²) in [5, 5.41) is 3.43. The molecule has 4 nitrogen and oxygen atoms in total. The van der Waals surface area contributed by atoms with Crippen molar-refractivity contribution < 1.29 is 0 Å². The summed E-state index contributed by atoms with van der Waals surface area (Å²) in [7, 11) is 0. The van der Waals surface area contributed by atoms with Crippen molar-refractivity contribution in [3.8, 4) is 0 Å². The van der Waals surface area contributed by atoms with Crippen molar-refractivity contribution in [3.63, 3.8) is 0 Å². The van der Waals surface area contributed by atoms with Crippen molar-refractivity contribution in [1.29, 1.82) is 0 Å². The summed E-state index contributed by atoms with van der Waals surface area (Å²) >= 11 is 0. The summed E-state index contributed by atoms with van der Waals surface area (Å²) in [5.74, 6) is 3.37. The molecule has 1 aliphatic heterocycles. The quantitative estimate of drug-likeness (QED) is 0.874. The Morgan fingerprint density at radius 2 is 1.90 bits per heavy atom. The number of nitrogens with zero attached hydrogens (tertiary/aromatic N) is 3. The van der Waals surface area contributed by atoms with E-state index < -0.39 is 0 Å². The van der Waals surface area contributed by atoms with Gasteiger partial charge < -0.3 is 10.2 Å². The fourth-order valence-electron chi connectivity index (χ4n) is 2.92. The van der Waals surface area contributed by atoms with Crippen LogP contribution in [0.5, 0.6) is 0 Å². The second kappa shape index (κ2) is 7.74. The van der Waals surface area contributed by atoms with Gasteiger partial charge in [0.2, 0.25) is 0 Å². The van der Waals surface area contributed by atoms with Crippen LogP contribution in [0.15, 0.2) is 12.4 Å². The van der Waals surface area contributed by atoms with Gasteiger partial charge in [-0.25, -0.2) is 4.98 Å². The zero-order valence-electron chi connectivity index (χ0n) is 14.0. The van der Waals surface area contributed by atoms with E-state index in [9.17, 15) is 0 Å². The van der Waals surface area contributed by atoms with Crippen LogP contribution in [0.25, 0.3) is 0 Å². The van der Waals surface area contributed by atoms with Gasteiger partial charge in [-0.3, -0.25) is 4.98 Å². The van der Waals surface area contributed by atoms with E-state index in [1.165, 1.54) is 12.8 Å². The van der Waals surface area contributed by atoms with E-state index in [-0.39, 0.29) is 0 Å². The molecule has 1 aromatic heterocycles. The third kappa shape index (κ3) is 4.95. The topological polar surface area (TPSA) is 41.1 Å². The molecule has 0 spiro atoms. The minimum Gasteiger partial charge on any atom is -0.355 e. The van der Waals surface area contributed by atoms with Crippen LogP contribution in [-0.2, 0) is 6.54 Å². The van der Waals surface area contributed by atoms with E-state index in [0.29, 0.717) is 5.92 Å². The zero-order chi connectivity index (χ0) is 15.2. The van der Waals surface area contributed by atoms with E-state index >= 15 is 0 Å². The van der Waals surface area contributed by atoms with E-state index in [1.807, 2.05) is 12.4 Å². The highest BCUT2D eigenvalue weighted by Gasteiger charge is 2.22. The molecule has 2 rings (SSSR count). The molecule has 1 saturated heterocycles. The normalized spacial score (nSPS) is 17.0. The first-order valence-electron chi connectivity index (χ1n) is 8.33. The molecule has 118 valence electrons. The van der Waals surface area contributed by atoms with Crippen LogP contribution < -0.4 is 10.2 Å². The van der Waals surface area contributed by atoms with Gasteiger partial charge in [-0.1, -0.05) is 27.7 Å². The Labute approximate surface area is 129 Å². The van der Waals surface area contributed by atoms with Crippen molar-refractivity contribution in [3.05, 3.63) is 18.1 Å². The molecule has 1 aromatic rings. The Bertz CT molecular complexity index is 423. The second-order valence-electron chi connectivity index (χ2n) is 6.96. The predicted octanol–water partition coefficient (Wildman–Crippen LogP) is 3.09. The first kappa shape index (κ1) is 16.2. The van der Waals surface area contributed by atoms with Crippen LogP contribution in [-0.4, -0.2) is 29.6 Å². The SMILES string of the molecule is CC(C)CNCc1cncc(N2CCC(C(C)C)CC2)n1. The molecular formula is C17H30N4. The third-order valence-electron chi connectivity index (χ3n) is 4.34. The van der Waals surface area contributed by atoms with Gasteiger partial charge in [-0.15, -0.1) is 0 Å². The Hall–Kier alpha value is -1.16. The zero-order valence-corrected chi connectivity index (χ0v) is 14.0. The van der Waals surface area contributed by atoms with Gasteiger partial charge in [0, 0.05) is 25.8 Å². The molecule has 1 N–H and O–H groups in total. The number of aromatic nitrogens is 2. The van der Waals surface area contributed by atoms with Crippen LogP contribution >= 0.6 is 0 Å². The molecule has 0 bridgehead atoms. The Kier molecular flexibility index (Phi) is 5.97. The van der Waals surface area contributed by atoms with E-state index in [4.69, 9.17) is 4.98 Å². The summed E-state index contributed by atoms with van der Waals surface area (Å²) in [4.78, 5) is 11.5. The standard InChI is InChI=1S/C17H30N4/c1-13(2)9-18-10-16-11-19-12-17(20-16)21-7-5-15(6-8-21)14(3)4/h11-15,18H,5-10H2,1-4H3. The van der Waals surface area contributed by atoms with Crippen LogP contribution in [0.4, 0.5) is 5.82 Å². The molecule has 4 heteroatoms. The fraction of sp³-hybridized carbons (Fsp3) is 0.765. The highest BCUT2D eigenvalue weighted by atomic mass is 15.2.